The van der Waals surface area contributed by atoms with E-state index in [1.807, 2.05) is 11.8 Å². The standard InChI is InChI=1S/C22H31F3N2O3S/c23-22(24,25)12-26-18(28)11-30-21(29)19-15-5-1-2-6-17(15)27-20-13(7-8-16(19)20)10-14-4-3-9-31-14/h10,14-17,19-20,27H,1-9,11-12H2,(H,26,28)/b13-10+. The molecule has 4 rings (SSSR count). The summed E-state index contributed by atoms with van der Waals surface area (Å²) in [5.74, 6) is -0.141. The van der Waals surface area contributed by atoms with E-state index in [0.717, 1.165) is 38.5 Å². The van der Waals surface area contributed by atoms with Crippen molar-refractivity contribution >= 4 is 23.6 Å². The summed E-state index contributed by atoms with van der Waals surface area (Å²) in [6, 6.07) is 0.418. The molecular formula is C22H31F3N2O3S. The third-order valence-corrected chi connectivity index (χ3v) is 8.52. The molecule has 4 aliphatic rings. The van der Waals surface area contributed by atoms with Gasteiger partial charge >= 0.3 is 12.1 Å². The largest absolute Gasteiger partial charge is 0.455 e. The van der Waals surface area contributed by atoms with Crippen LogP contribution in [0.15, 0.2) is 11.6 Å². The molecule has 2 aliphatic heterocycles. The van der Waals surface area contributed by atoms with Crippen molar-refractivity contribution in [2.75, 3.05) is 18.9 Å². The fourth-order valence-corrected chi connectivity index (χ4v) is 7.13. The summed E-state index contributed by atoms with van der Waals surface area (Å²) in [5, 5.41) is 6.16. The molecule has 31 heavy (non-hydrogen) atoms. The summed E-state index contributed by atoms with van der Waals surface area (Å²) >= 11 is 2.00. The molecule has 174 valence electrons. The summed E-state index contributed by atoms with van der Waals surface area (Å²) in [4.78, 5) is 24.8. The first-order valence-corrected chi connectivity index (χ1v) is 12.4. The van der Waals surface area contributed by atoms with Gasteiger partial charge in [-0.05, 0) is 56.1 Å². The van der Waals surface area contributed by atoms with Gasteiger partial charge in [0, 0.05) is 17.3 Å². The van der Waals surface area contributed by atoms with Crippen LogP contribution in [0.1, 0.15) is 51.4 Å². The lowest BCUT2D eigenvalue weighted by atomic mass is 9.66. The molecular weight excluding hydrogens is 429 g/mol. The van der Waals surface area contributed by atoms with Gasteiger partial charge in [-0.1, -0.05) is 24.5 Å². The number of carbonyl (C=O) groups excluding carboxylic acids is 2. The van der Waals surface area contributed by atoms with Crippen LogP contribution in [0.2, 0.25) is 0 Å². The number of halogens is 3. The molecule has 0 radical (unpaired) electrons. The van der Waals surface area contributed by atoms with Crippen molar-refractivity contribution in [2.24, 2.45) is 17.8 Å². The Morgan fingerprint density at radius 1 is 1.13 bits per heavy atom. The number of hydrogen-bond donors (Lipinski definition) is 2. The maximum Gasteiger partial charge on any atom is 0.405 e. The van der Waals surface area contributed by atoms with Crippen LogP contribution >= 0.6 is 11.8 Å². The second kappa shape index (κ2) is 9.73. The lowest BCUT2D eigenvalue weighted by Crippen LogP contribution is -2.58. The highest BCUT2D eigenvalue weighted by molar-refractivity contribution is 8.00. The van der Waals surface area contributed by atoms with E-state index in [9.17, 15) is 22.8 Å². The van der Waals surface area contributed by atoms with Gasteiger partial charge in [0.15, 0.2) is 6.61 Å². The first-order valence-electron chi connectivity index (χ1n) is 11.4. The van der Waals surface area contributed by atoms with Crippen molar-refractivity contribution in [3.05, 3.63) is 11.6 Å². The number of rotatable bonds is 5. The molecule has 0 aromatic carbocycles. The average molecular weight is 461 g/mol. The predicted molar refractivity (Wildman–Crippen MR) is 112 cm³/mol. The fourth-order valence-electron chi connectivity index (χ4n) is 5.88. The number of alkyl halides is 3. The molecule has 9 heteroatoms. The second-order valence-corrected chi connectivity index (χ2v) is 10.6. The average Bonchev–Trinajstić information content (AvgIpc) is 3.39. The van der Waals surface area contributed by atoms with Gasteiger partial charge in [0.1, 0.15) is 6.54 Å². The molecule has 4 fully saturated rings. The first-order chi connectivity index (χ1) is 14.8. The molecule has 2 saturated carbocycles. The maximum absolute atomic E-state index is 13.1. The lowest BCUT2D eigenvalue weighted by molar-refractivity contribution is -0.160. The highest BCUT2D eigenvalue weighted by Crippen LogP contribution is 2.48. The van der Waals surface area contributed by atoms with Crippen LogP contribution in [0.3, 0.4) is 0 Å². The van der Waals surface area contributed by atoms with Crippen molar-refractivity contribution in [2.45, 2.75) is 74.9 Å². The molecule has 2 saturated heterocycles. The molecule has 0 aromatic rings. The van der Waals surface area contributed by atoms with E-state index in [1.165, 1.54) is 24.2 Å². The number of carbonyl (C=O) groups is 2. The number of fused-ring (bicyclic) bond motifs is 2. The number of thioether (sulfide) groups is 1. The zero-order valence-corrected chi connectivity index (χ0v) is 18.4. The molecule has 5 nitrogen and oxygen atoms in total. The summed E-state index contributed by atoms with van der Waals surface area (Å²) in [7, 11) is 0. The zero-order chi connectivity index (χ0) is 22.0. The van der Waals surface area contributed by atoms with Crippen molar-refractivity contribution in [3.8, 4) is 0 Å². The topological polar surface area (TPSA) is 67.4 Å². The van der Waals surface area contributed by atoms with Crippen LogP contribution in [-0.4, -0.2) is 54.3 Å². The van der Waals surface area contributed by atoms with Gasteiger partial charge in [0.2, 0.25) is 0 Å². The summed E-state index contributed by atoms with van der Waals surface area (Å²) in [5.41, 5.74) is 1.40. The summed E-state index contributed by atoms with van der Waals surface area (Å²) in [6.45, 7) is -2.07. The maximum atomic E-state index is 13.1. The molecule has 0 spiro atoms. The molecule has 6 unspecified atom stereocenters. The zero-order valence-electron chi connectivity index (χ0n) is 17.6. The summed E-state index contributed by atoms with van der Waals surface area (Å²) in [6.07, 6.45) is 6.41. The minimum atomic E-state index is -4.48. The molecule has 2 heterocycles. The van der Waals surface area contributed by atoms with Crippen LogP contribution in [-0.2, 0) is 14.3 Å². The van der Waals surface area contributed by atoms with E-state index < -0.39 is 31.2 Å². The third-order valence-electron chi connectivity index (χ3n) is 7.20. The van der Waals surface area contributed by atoms with Crippen molar-refractivity contribution in [1.29, 1.82) is 0 Å². The number of ether oxygens (including phenoxy) is 1. The predicted octanol–water partition coefficient (Wildman–Crippen LogP) is 3.59. The van der Waals surface area contributed by atoms with Crippen LogP contribution in [0.25, 0.3) is 0 Å². The first kappa shape index (κ1) is 23.0. The van der Waals surface area contributed by atoms with Crippen LogP contribution in [0.5, 0.6) is 0 Å². The number of amides is 1. The highest BCUT2D eigenvalue weighted by atomic mass is 32.2. The highest BCUT2D eigenvalue weighted by Gasteiger charge is 2.52. The second-order valence-electron chi connectivity index (χ2n) is 9.22. The van der Waals surface area contributed by atoms with Gasteiger partial charge < -0.3 is 15.4 Å². The number of esters is 1. The van der Waals surface area contributed by atoms with Gasteiger partial charge in [-0.2, -0.15) is 24.9 Å². The van der Waals surface area contributed by atoms with Crippen molar-refractivity contribution in [1.82, 2.24) is 10.6 Å². The van der Waals surface area contributed by atoms with E-state index in [4.69, 9.17) is 4.74 Å². The molecule has 0 bridgehead atoms. The van der Waals surface area contributed by atoms with E-state index in [1.54, 1.807) is 5.32 Å². The monoisotopic (exact) mass is 460 g/mol. The lowest BCUT2D eigenvalue weighted by Gasteiger charge is -2.47. The van der Waals surface area contributed by atoms with Crippen molar-refractivity contribution < 1.29 is 27.5 Å². The number of hydrogen-bond acceptors (Lipinski definition) is 5. The molecule has 1 amide bonds. The molecule has 0 aromatic heterocycles. The Labute approximate surface area is 185 Å². The van der Waals surface area contributed by atoms with Gasteiger partial charge in [0.05, 0.1) is 5.92 Å². The van der Waals surface area contributed by atoms with Gasteiger partial charge in [-0.25, -0.2) is 0 Å². The van der Waals surface area contributed by atoms with Gasteiger partial charge in [0.25, 0.3) is 5.91 Å². The Hall–Kier alpha value is -1.22. The van der Waals surface area contributed by atoms with Crippen LogP contribution in [0.4, 0.5) is 13.2 Å². The number of piperidine rings is 1. The SMILES string of the molecule is O=C(COC(=O)C1C2CCCCC2NC2/C(=C/C3CCCS3)CCC21)NCC(F)(F)F. The Morgan fingerprint density at radius 2 is 1.94 bits per heavy atom. The molecule has 2 aliphatic carbocycles. The van der Waals surface area contributed by atoms with Gasteiger partial charge in [-0.3, -0.25) is 9.59 Å². The normalized spacial score (nSPS) is 36.7. The quantitative estimate of drug-likeness (QED) is 0.485. The summed E-state index contributed by atoms with van der Waals surface area (Å²) < 4.78 is 42.1. The molecule has 6 atom stereocenters. The number of nitrogens with one attached hydrogen (secondary N) is 2. The van der Waals surface area contributed by atoms with Crippen LogP contribution in [0, 0.1) is 17.8 Å². The Bertz CT molecular complexity index is 709. The third kappa shape index (κ3) is 5.59. The van der Waals surface area contributed by atoms with Gasteiger partial charge in [-0.15, -0.1) is 0 Å². The van der Waals surface area contributed by atoms with E-state index >= 15 is 0 Å². The smallest absolute Gasteiger partial charge is 0.405 e. The van der Waals surface area contributed by atoms with Crippen molar-refractivity contribution in [3.63, 3.8) is 0 Å². The van der Waals surface area contributed by atoms with E-state index in [0.29, 0.717) is 5.25 Å². The Morgan fingerprint density at radius 3 is 2.68 bits per heavy atom. The molecule has 2 N–H and O–H groups in total. The fraction of sp³-hybridized carbons (Fsp3) is 0.818. The Balaban J connectivity index is 1.43. The Kier molecular flexibility index (Phi) is 7.20. The van der Waals surface area contributed by atoms with E-state index in [2.05, 4.69) is 11.4 Å². The minimum Gasteiger partial charge on any atom is -0.455 e. The van der Waals surface area contributed by atoms with Crippen LogP contribution < -0.4 is 10.6 Å². The minimum absolute atomic E-state index is 0.128. The van der Waals surface area contributed by atoms with E-state index in [-0.39, 0.29) is 29.8 Å².